The fourth-order valence-corrected chi connectivity index (χ4v) is 3.60. The van der Waals surface area contributed by atoms with Crippen molar-refractivity contribution in [3.8, 4) is 11.5 Å². The highest BCUT2D eigenvalue weighted by Crippen LogP contribution is 2.31. The Morgan fingerprint density at radius 3 is 2.52 bits per heavy atom. The van der Waals surface area contributed by atoms with Crippen molar-refractivity contribution >= 4 is 17.5 Å². The van der Waals surface area contributed by atoms with E-state index in [9.17, 15) is 9.59 Å². The van der Waals surface area contributed by atoms with Crippen LogP contribution >= 0.6 is 0 Å². The van der Waals surface area contributed by atoms with Crippen LogP contribution in [0.4, 0.5) is 5.69 Å². The van der Waals surface area contributed by atoms with Gasteiger partial charge in [0.2, 0.25) is 5.91 Å². The van der Waals surface area contributed by atoms with Crippen molar-refractivity contribution in [3.05, 3.63) is 53.6 Å². The first-order valence-corrected chi connectivity index (χ1v) is 10.7. The van der Waals surface area contributed by atoms with Crippen LogP contribution in [0.3, 0.4) is 0 Å². The van der Waals surface area contributed by atoms with Crippen molar-refractivity contribution in [3.63, 3.8) is 0 Å². The van der Waals surface area contributed by atoms with Gasteiger partial charge < -0.3 is 20.1 Å². The van der Waals surface area contributed by atoms with Gasteiger partial charge in [0.15, 0.2) is 0 Å². The standard InChI is InChI=1S/C24H29N3O4/c1-30-21-10-11-22(31-2)17(13-21)14-27(20-8-9-20)15-23(28)25-19-5-3-4-16(12-19)24(29)26-18-6-7-18/h3-5,10-13,18,20H,6-9,14-15H2,1-2H3,(H,25,28)(H,26,29). The van der Waals surface area contributed by atoms with Gasteiger partial charge in [-0.1, -0.05) is 6.07 Å². The molecule has 0 radical (unpaired) electrons. The molecule has 0 spiro atoms. The van der Waals surface area contributed by atoms with Crippen LogP contribution < -0.4 is 20.1 Å². The maximum Gasteiger partial charge on any atom is 0.251 e. The predicted molar refractivity (Wildman–Crippen MR) is 119 cm³/mol. The molecule has 0 atom stereocenters. The molecule has 164 valence electrons. The van der Waals surface area contributed by atoms with E-state index in [1.807, 2.05) is 18.2 Å². The first-order chi connectivity index (χ1) is 15.1. The smallest absolute Gasteiger partial charge is 0.251 e. The van der Waals surface area contributed by atoms with E-state index in [2.05, 4.69) is 15.5 Å². The van der Waals surface area contributed by atoms with Gasteiger partial charge in [0.05, 0.1) is 20.8 Å². The number of carbonyl (C=O) groups excluding carboxylic acids is 2. The number of benzene rings is 2. The van der Waals surface area contributed by atoms with E-state index in [1.165, 1.54) is 0 Å². The molecule has 2 aromatic rings. The normalized spacial score (nSPS) is 15.5. The summed E-state index contributed by atoms with van der Waals surface area (Å²) in [6.45, 7) is 0.867. The molecular formula is C24H29N3O4. The summed E-state index contributed by atoms with van der Waals surface area (Å²) in [6, 6.07) is 13.5. The Balaban J connectivity index is 1.40. The lowest BCUT2D eigenvalue weighted by molar-refractivity contribution is -0.117. The average Bonchev–Trinajstić information content (AvgIpc) is 3.68. The second-order valence-corrected chi connectivity index (χ2v) is 8.19. The largest absolute Gasteiger partial charge is 0.497 e. The zero-order valence-corrected chi connectivity index (χ0v) is 18.0. The Labute approximate surface area is 182 Å². The maximum absolute atomic E-state index is 12.8. The molecule has 31 heavy (non-hydrogen) atoms. The minimum absolute atomic E-state index is 0.0941. The lowest BCUT2D eigenvalue weighted by Gasteiger charge is -2.23. The molecule has 0 aliphatic heterocycles. The van der Waals surface area contributed by atoms with Crippen LogP contribution in [0.5, 0.6) is 11.5 Å². The Morgan fingerprint density at radius 1 is 1.03 bits per heavy atom. The van der Waals surface area contributed by atoms with E-state index in [4.69, 9.17) is 9.47 Å². The second-order valence-electron chi connectivity index (χ2n) is 8.19. The molecule has 2 saturated carbocycles. The van der Waals surface area contributed by atoms with Crippen molar-refractivity contribution in [2.24, 2.45) is 0 Å². The summed E-state index contributed by atoms with van der Waals surface area (Å²) in [5, 5.41) is 5.91. The zero-order chi connectivity index (χ0) is 21.8. The molecule has 2 aromatic carbocycles. The number of methoxy groups -OCH3 is 2. The van der Waals surface area contributed by atoms with Crippen LogP contribution in [0.25, 0.3) is 0 Å². The Hall–Kier alpha value is -3.06. The summed E-state index contributed by atoms with van der Waals surface area (Å²) in [5.41, 5.74) is 2.17. The van der Waals surface area contributed by atoms with Gasteiger partial charge in [0, 0.05) is 35.4 Å². The summed E-state index contributed by atoms with van der Waals surface area (Å²) in [5.74, 6) is 1.34. The Bertz CT molecular complexity index is 954. The van der Waals surface area contributed by atoms with E-state index in [0.29, 0.717) is 29.9 Å². The summed E-state index contributed by atoms with van der Waals surface area (Å²) in [4.78, 5) is 27.2. The van der Waals surface area contributed by atoms with Crippen LogP contribution in [-0.4, -0.2) is 49.6 Å². The topological polar surface area (TPSA) is 79.9 Å². The number of nitrogens with zero attached hydrogens (tertiary/aromatic N) is 1. The molecule has 0 aromatic heterocycles. The Morgan fingerprint density at radius 2 is 1.84 bits per heavy atom. The van der Waals surface area contributed by atoms with Crippen LogP contribution in [0.1, 0.15) is 41.6 Å². The summed E-state index contributed by atoms with van der Waals surface area (Å²) in [6.07, 6.45) is 4.24. The first-order valence-electron chi connectivity index (χ1n) is 10.7. The van der Waals surface area contributed by atoms with Gasteiger partial charge in [-0.3, -0.25) is 14.5 Å². The molecule has 4 rings (SSSR count). The van der Waals surface area contributed by atoms with Crippen LogP contribution in [0.15, 0.2) is 42.5 Å². The van der Waals surface area contributed by atoms with Crippen molar-refractivity contribution in [1.82, 2.24) is 10.2 Å². The first kappa shape index (κ1) is 21.2. The van der Waals surface area contributed by atoms with Gasteiger partial charge in [0.1, 0.15) is 11.5 Å². The molecule has 0 saturated heterocycles. The molecule has 0 bridgehead atoms. The monoisotopic (exact) mass is 423 g/mol. The van der Waals surface area contributed by atoms with Gasteiger partial charge in [-0.05, 0) is 62.1 Å². The summed E-state index contributed by atoms with van der Waals surface area (Å²) in [7, 11) is 3.28. The number of ether oxygens (including phenoxy) is 2. The van der Waals surface area contributed by atoms with Gasteiger partial charge in [-0.15, -0.1) is 0 Å². The van der Waals surface area contributed by atoms with E-state index in [-0.39, 0.29) is 18.4 Å². The highest BCUT2D eigenvalue weighted by molar-refractivity contribution is 5.97. The van der Waals surface area contributed by atoms with Crippen LogP contribution in [-0.2, 0) is 11.3 Å². The maximum atomic E-state index is 12.8. The molecule has 2 aliphatic rings. The predicted octanol–water partition coefficient (Wildman–Crippen LogP) is 3.20. The number of nitrogens with one attached hydrogen (secondary N) is 2. The third-order valence-electron chi connectivity index (χ3n) is 5.59. The molecule has 2 aliphatic carbocycles. The number of hydrogen-bond donors (Lipinski definition) is 2. The highest BCUT2D eigenvalue weighted by Gasteiger charge is 2.31. The molecule has 2 N–H and O–H groups in total. The van der Waals surface area contributed by atoms with E-state index < -0.39 is 0 Å². The molecular weight excluding hydrogens is 394 g/mol. The zero-order valence-electron chi connectivity index (χ0n) is 18.0. The molecule has 7 nitrogen and oxygen atoms in total. The van der Waals surface area contributed by atoms with Gasteiger partial charge in [-0.2, -0.15) is 0 Å². The molecule has 7 heteroatoms. The fourth-order valence-electron chi connectivity index (χ4n) is 3.60. The lowest BCUT2D eigenvalue weighted by atomic mass is 10.1. The van der Waals surface area contributed by atoms with Crippen molar-refractivity contribution in [2.45, 2.75) is 44.3 Å². The molecule has 2 fully saturated rings. The number of amides is 2. The average molecular weight is 424 g/mol. The van der Waals surface area contributed by atoms with Crippen molar-refractivity contribution < 1.29 is 19.1 Å². The lowest BCUT2D eigenvalue weighted by Crippen LogP contribution is -2.34. The molecule has 0 unspecified atom stereocenters. The van der Waals surface area contributed by atoms with Gasteiger partial charge in [-0.25, -0.2) is 0 Å². The Kier molecular flexibility index (Phi) is 6.42. The minimum atomic E-state index is -0.103. The molecule has 0 heterocycles. The van der Waals surface area contributed by atoms with Crippen LogP contribution in [0.2, 0.25) is 0 Å². The second kappa shape index (κ2) is 9.39. The minimum Gasteiger partial charge on any atom is -0.497 e. The van der Waals surface area contributed by atoms with Crippen molar-refractivity contribution in [1.29, 1.82) is 0 Å². The number of anilines is 1. The summed E-state index contributed by atoms with van der Waals surface area (Å²) < 4.78 is 10.8. The number of hydrogen-bond acceptors (Lipinski definition) is 5. The van der Waals surface area contributed by atoms with Gasteiger partial charge >= 0.3 is 0 Å². The van der Waals surface area contributed by atoms with Crippen molar-refractivity contribution in [2.75, 3.05) is 26.1 Å². The van der Waals surface area contributed by atoms with Gasteiger partial charge in [0.25, 0.3) is 5.91 Å². The third-order valence-corrected chi connectivity index (χ3v) is 5.59. The third kappa shape index (κ3) is 5.76. The van der Waals surface area contributed by atoms with E-state index in [1.54, 1.807) is 38.5 Å². The van der Waals surface area contributed by atoms with E-state index >= 15 is 0 Å². The quantitative estimate of drug-likeness (QED) is 0.614. The number of carbonyl (C=O) groups is 2. The fraction of sp³-hybridized carbons (Fsp3) is 0.417. The highest BCUT2D eigenvalue weighted by atomic mass is 16.5. The summed E-state index contributed by atoms with van der Waals surface area (Å²) >= 11 is 0. The van der Waals surface area contributed by atoms with E-state index in [0.717, 1.165) is 42.7 Å². The molecule has 2 amide bonds. The van der Waals surface area contributed by atoms with Crippen LogP contribution in [0, 0.1) is 0 Å². The number of rotatable bonds is 10. The SMILES string of the molecule is COc1ccc(OC)c(CN(CC(=O)Nc2cccc(C(=O)NC3CC3)c2)C2CC2)c1.